The fourth-order valence-electron chi connectivity index (χ4n) is 4.09. The van der Waals surface area contributed by atoms with Crippen LogP contribution in [0.3, 0.4) is 0 Å². The minimum absolute atomic E-state index is 0.230. The van der Waals surface area contributed by atoms with E-state index in [9.17, 15) is 0 Å². The van der Waals surface area contributed by atoms with Gasteiger partial charge in [-0.3, -0.25) is 4.90 Å². The third kappa shape index (κ3) is 3.02. The molecule has 0 aromatic heterocycles. The lowest BCUT2D eigenvalue weighted by Gasteiger charge is -2.51. The standard InChI is InChI=1S/C19H30N2/c1-15-7-8-17(11-16(15)2)12-21-14-18(3,4)20-13-19(21)9-5-6-10-19/h7-8,11,20H,5-6,9-10,12-14H2,1-4H3. The zero-order chi connectivity index (χ0) is 15.1. The van der Waals surface area contributed by atoms with Gasteiger partial charge in [0.2, 0.25) is 0 Å². The van der Waals surface area contributed by atoms with Gasteiger partial charge in [0.1, 0.15) is 0 Å². The second-order valence-electron chi connectivity index (χ2n) is 7.94. The molecule has 21 heavy (non-hydrogen) atoms. The highest BCUT2D eigenvalue weighted by molar-refractivity contribution is 5.30. The fourth-order valence-corrected chi connectivity index (χ4v) is 4.09. The summed E-state index contributed by atoms with van der Waals surface area (Å²) in [6, 6.07) is 6.98. The number of hydrogen-bond acceptors (Lipinski definition) is 2. The summed E-state index contributed by atoms with van der Waals surface area (Å²) >= 11 is 0. The van der Waals surface area contributed by atoms with Gasteiger partial charge in [-0.25, -0.2) is 0 Å². The van der Waals surface area contributed by atoms with E-state index in [0.717, 1.165) is 19.6 Å². The van der Waals surface area contributed by atoms with Crippen molar-refractivity contribution in [3.8, 4) is 0 Å². The number of aryl methyl sites for hydroxylation is 2. The van der Waals surface area contributed by atoms with E-state index in [1.54, 1.807) is 0 Å². The van der Waals surface area contributed by atoms with Gasteiger partial charge in [0.15, 0.2) is 0 Å². The summed E-state index contributed by atoms with van der Waals surface area (Å²) in [6.07, 6.45) is 5.51. The topological polar surface area (TPSA) is 15.3 Å². The highest BCUT2D eigenvalue weighted by atomic mass is 15.3. The van der Waals surface area contributed by atoms with E-state index in [4.69, 9.17) is 0 Å². The molecule has 1 N–H and O–H groups in total. The Labute approximate surface area is 129 Å². The van der Waals surface area contributed by atoms with Gasteiger partial charge in [0.05, 0.1) is 0 Å². The summed E-state index contributed by atoms with van der Waals surface area (Å²) in [5.74, 6) is 0. The Kier molecular flexibility index (Phi) is 3.87. The molecule has 0 atom stereocenters. The van der Waals surface area contributed by atoms with E-state index >= 15 is 0 Å². The Hall–Kier alpha value is -0.860. The summed E-state index contributed by atoms with van der Waals surface area (Å²) in [5, 5.41) is 3.79. The van der Waals surface area contributed by atoms with Crippen LogP contribution >= 0.6 is 0 Å². The monoisotopic (exact) mass is 286 g/mol. The molecule has 1 spiro atoms. The maximum absolute atomic E-state index is 3.79. The second kappa shape index (κ2) is 5.40. The van der Waals surface area contributed by atoms with Crippen molar-refractivity contribution >= 4 is 0 Å². The van der Waals surface area contributed by atoms with Crippen LogP contribution in [0, 0.1) is 13.8 Å². The first-order valence-electron chi connectivity index (χ1n) is 8.47. The SMILES string of the molecule is Cc1ccc(CN2CC(C)(C)NCC23CCCC3)cc1C. The first kappa shape index (κ1) is 15.1. The van der Waals surface area contributed by atoms with Crippen molar-refractivity contribution < 1.29 is 0 Å². The van der Waals surface area contributed by atoms with Gasteiger partial charge in [-0.2, -0.15) is 0 Å². The largest absolute Gasteiger partial charge is 0.309 e. The zero-order valence-electron chi connectivity index (χ0n) is 14.1. The van der Waals surface area contributed by atoms with Gasteiger partial charge in [0, 0.05) is 30.7 Å². The quantitative estimate of drug-likeness (QED) is 0.889. The molecular weight excluding hydrogens is 256 g/mol. The van der Waals surface area contributed by atoms with Crippen molar-refractivity contribution in [1.29, 1.82) is 0 Å². The van der Waals surface area contributed by atoms with Crippen LogP contribution in [0.15, 0.2) is 18.2 Å². The molecule has 2 nitrogen and oxygen atoms in total. The smallest absolute Gasteiger partial charge is 0.0338 e. The van der Waals surface area contributed by atoms with E-state index in [-0.39, 0.29) is 5.54 Å². The van der Waals surface area contributed by atoms with E-state index in [1.165, 1.54) is 42.4 Å². The number of nitrogens with one attached hydrogen (secondary N) is 1. The highest BCUT2D eigenvalue weighted by Crippen LogP contribution is 2.39. The Morgan fingerprint density at radius 1 is 1.10 bits per heavy atom. The normalized spacial score (nSPS) is 24.6. The van der Waals surface area contributed by atoms with Crippen molar-refractivity contribution in [3.05, 3.63) is 34.9 Å². The first-order chi connectivity index (χ1) is 9.90. The summed E-state index contributed by atoms with van der Waals surface area (Å²) in [5.41, 5.74) is 4.93. The molecule has 1 aliphatic carbocycles. The maximum atomic E-state index is 3.79. The fraction of sp³-hybridized carbons (Fsp3) is 0.684. The minimum atomic E-state index is 0.230. The van der Waals surface area contributed by atoms with E-state index in [1.807, 2.05) is 0 Å². The van der Waals surface area contributed by atoms with Crippen LogP contribution in [0.25, 0.3) is 0 Å². The Morgan fingerprint density at radius 2 is 1.81 bits per heavy atom. The van der Waals surface area contributed by atoms with Crippen LogP contribution in [0.5, 0.6) is 0 Å². The van der Waals surface area contributed by atoms with Crippen LogP contribution < -0.4 is 5.32 Å². The molecule has 1 saturated heterocycles. The maximum Gasteiger partial charge on any atom is 0.0338 e. The molecule has 1 heterocycles. The molecule has 1 aromatic carbocycles. The van der Waals surface area contributed by atoms with Crippen molar-refractivity contribution in [2.24, 2.45) is 0 Å². The average Bonchev–Trinajstić information content (AvgIpc) is 2.89. The summed E-state index contributed by atoms with van der Waals surface area (Å²) in [6.45, 7) is 12.5. The van der Waals surface area contributed by atoms with Crippen molar-refractivity contribution in [2.45, 2.75) is 71.0 Å². The molecule has 1 aromatic rings. The van der Waals surface area contributed by atoms with Gasteiger partial charge >= 0.3 is 0 Å². The number of rotatable bonds is 2. The third-order valence-corrected chi connectivity index (χ3v) is 5.63. The van der Waals surface area contributed by atoms with Crippen molar-refractivity contribution in [3.63, 3.8) is 0 Å². The zero-order valence-corrected chi connectivity index (χ0v) is 14.1. The van der Waals surface area contributed by atoms with Crippen molar-refractivity contribution in [1.82, 2.24) is 10.2 Å². The minimum Gasteiger partial charge on any atom is -0.309 e. The molecule has 0 amide bonds. The van der Waals surface area contributed by atoms with Crippen LogP contribution in [0.4, 0.5) is 0 Å². The van der Waals surface area contributed by atoms with E-state index < -0.39 is 0 Å². The lowest BCUT2D eigenvalue weighted by atomic mass is 9.86. The molecule has 2 heteroatoms. The highest BCUT2D eigenvalue weighted by Gasteiger charge is 2.45. The van der Waals surface area contributed by atoms with Gasteiger partial charge in [-0.05, 0) is 57.2 Å². The molecule has 3 rings (SSSR count). The predicted molar refractivity (Wildman–Crippen MR) is 89.6 cm³/mol. The summed E-state index contributed by atoms with van der Waals surface area (Å²) in [7, 11) is 0. The lowest BCUT2D eigenvalue weighted by molar-refractivity contribution is 0.0122. The molecule has 1 aliphatic heterocycles. The first-order valence-corrected chi connectivity index (χ1v) is 8.47. The molecule has 2 fully saturated rings. The molecule has 1 saturated carbocycles. The van der Waals surface area contributed by atoms with Crippen molar-refractivity contribution in [2.75, 3.05) is 13.1 Å². The lowest BCUT2D eigenvalue weighted by Crippen LogP contribution is -2.66. The molecule has 2 aliphatic rings. The molecular formula is C19H30N2. The molecule has 0 unspecified atom stereocenters. The van der Waals surface area contributed by atoms with Gasteiger partial charge < -0.3 is 5.32 Å². The van der Waals surface area contributed by atoms with Gasteiger partial charge in [0.25, 0.3) is 0 Å². The molecule has 0 bridgehead atoms. The molecule has 116 valence electrons. The number of hydrogen-bond donors (Lipinski definition) is 1. The van der Waals surface area contributed by atoms with Crippen LogP contribution in [-0.2, 0) is 6.54 Å². The predicted octanol–water partition coefficient (Wildman–Crippen LogP) is 3.80. The van der Waals surface area contributed by atoms with Crippen LogP contribution in [0.1, 0.15) is 56.2 Å². The third-order valence-electron chi connectivity index (χ3n) is 5.63. The van der Waals surface area contributed by atoms with E-state index in [0.29, 0.717) is 5.54 Å². The second-order valence-corrected chi connectivity index (χ2v) is 7.94. The number of benzene rings is 1. The number of piperazine rings is 1. The molecule has 0 radical (unpaired) electrons. The van der Waals surface area contributed by atoms with Crippen LogP contribution in [0.2, 0.25) is 0 Å². The Morgan fingerprint density at radius 3 is 2.48 bits per heavy atom. The number of nitrogens with zero attached hydrogens (tertiary/aromatic N) is 1. The summed E-state index contributed by atoms with van der Waals surface area (Å²) in [4.78, 5) is 2.78. The average molecular weight is 286 g/mol. The van der Waals surface area contributed by atoms with Crippen LogP contribution in [-0.4, -0.2) is 29.1 Å². The van der Waals surface area contributed by atoms with Gasteiger partial charge in [-0.15, -0.1) is 0 Å². The Balaban J connectivity index is 1.83. The van der Waals surface area contributed by atoms with Gasteiger partial charge in [-0.1, -0.05) is 31.0 Å². The summed E-state index contributed by atoms with van der Waals surface area (Å²) < 4.78 is 0. The van der Waals surface area contributed by atoms with E-state index in [2.05, 4.69) is 56.1 Å². The Bertz CT molecular complexity index is 512.